The molecule has 0 N–H and O–H groups in total. The van der Waals surface area contributed by atoms with Gasteiger partial charge in [0.25, 0.3) is 0 Å². The molecule has 2 aliphatic carbocycles. The lowest BCUT2D eigenvalue weighted by atomic mass is 9.39. The van der Waals surface area contributed by atoms with Gasteiger partial charge >= 0.3 is 0 Å². The SMILES string of the molecule is Cc1cccc(-c2ccccc2N(c2cc3c(c4ccccc24)-c2ccccc2C3(C(C)(C)C)C2(C(C)(C)C)c3ccccc3-c3c2cc(N(c2ccccc2-c2cccc(C)c2C)c2cccc4c2oc2ccccc24)c2ccccc32)c2cccc3c2oc2ccccc23)c1C. The summed E-state index contributed by atoms with van der Waals surface area (Å²) in [6.45, 7) is 24.3. The number of nitrogens with zero attached hydrogens (tertiary/aromatic N) is 2. The van der Waals surface area contributed by atoms with Crippen molar-refractivity contribution in [3.8, 4) is 44.5 Å². The van der Waals surface area contributed by atoms with Gasteiger partial charge < -0.3 is 18.6 Å². The summed E-state index contributed by atoms with van der Waals surface area (Å²) in [5.74, 6) is 0. The Morgan fingerprint density at radius 2 is 0.561 bits per heavy atom. The topological polar surface area (TPSA) is 32.8 Å². The third-order valence-electron chi connectivity index (χ3n) is 22.7. The Morgan fingerprint density at radius 3 is 0.969 bits per heavy atom. The maximum atomic E-state index is 7.23. The van der Waals surface area contributed by atoms with Crippen LogP contribution in [0.4, 0.5) is 34.1 Å². The van der Waals surface area contributed by atoms with Gasteiger partial charge in [0, 0.05) is 54.3 Å². The van der Waals surface area contributed by atoms with Gasteiger partial charge in [-0.3, -0.25) is 0 Å². The lowest BCUT2D eigenvalue weighted by Gasteiger charge is -2.62. The van der Waals surface area contributed by atoms with Gasteiger partial charge in [-0.1, -0.05) is 272 Å². The molecule has 0 radical (unpaired) electrons. The van der Waals surface area contributed by atoms with Gasteiger partial charge in [0.05, 0.1) is 34.1 Å². The Kier molecular flexibility index (Phi) is 13.1. The zero-order chi connectivity index (χ0) is 66.7. The molecule has 0 spiro atoms. The summed E-state index contributed by atoms with van der Waals surface area (Å²) in [4.78, 5) is 5.13. The molecule has 98 heavy (non-hydrogen) atoms. The molecule has 0 fully saturated rings. The van der Waals surface area contributed by atoms with Crippen LogP contribution < -0.4 is 9.80 Å². The van der Waals surface area contributed by atoms with Crippen LogP contribution >= 0.6 is 0 Å². The molecule has 0 saturated carbocycles. The minimum atomic E-state index is -0.826. The van der Waals surface area contributed by atoms with Gasteiger partial charge in [-0.05, 0) is 176 Å². The molecule has 474 valence electrons. The smallest absolute Gasteiger partial charge is 0.159 e. The molecule has 0 aliphatic heterocycles. The van der Waals surface area contributed by atoms with E-state index >= 15 is 0 Å². The van der Waals surface area contributed by atoms with Gasteiger partial charge in [-0.15, -0.1) is 0 Å². The second-order valence-electron chi connectivity index (χ2n) is 29.5. The van der Waals surface area contributed by atoms with Crippen molar-refractivity contribution in [1.82, 2.24) is 0 Å². The maximum absolute atomic E-state index is 7.23. The van der Waals surface area contributed by atoms with Crippen LogP contribution in [0.3, 0.4) is 0 Å². The van der Waals surface area contributed by atoms with Crippen molar-refractivity contribution in [2.75, 3.05) is 9.80 Å². The molecule has 2 atom stereocenters. The van der Waals surface area contributed by atoms with E-state index in [9.17, 15) is 0 Å². The minimum Gasteiger partial charge on any atom is -0.454 e. The molecule has 0 amide bonds. The zero-order valence-corrected chi connectivity index (χ0v) is 57.3. The number of furan rings is 2. The molecule has 0 saturated heterocycles. The first-order chi connectivity index (χ1) is 47.6. The van der Waals surface area contributed by atoms with Gasteiger partial charge in [0.2, 0.25) is 0 Å². The minimum absolute atomic E-state index is 0.517. The monoisotopic (exact) mass is 1260 g/mol. The summed E-state index contributed by atoms with van der Waals surface area (Å²) in [7, 11) is 0. The molecule has 2 aliphatic rings. The molecule has 2 aromatic heterocycles. The van der Waals surface area contributed by atoms with E-state index < -0.39 is 21.7 Å². The first kappa shape index (κ1) is 59.3. The summed E-state index contributed by atoms with van der Waals surface area (Å²) in [5.41, 5.74) is 26.9. The number of anilines is 6. The predicted molar refractivity (Wildman–Crippen MR) is 413 cm³/mol. The zero-order valence-electron chi connectivity index (χ0n) is 57.3. The quantitative estimate of drug-likeness (QED) is 0.144. The van der Waals surface area contributed by atoms with E-state index in [0.717, 1.165) is 99.9 Å². The Bertz CT molecular complexity index is 5630. The normalized spacial score (nSPS) is 15.7. The molecular formula is C94H76N2O2. The summed E-state index contributed by atoms with van der Waals surface area (Å²) in [6, 6.07) is 105. The number of para-hydroxylation sites is 6. The largest absolute Gasteiger partial charge is 0.454 e. The summed E-state index contributed by atoms with van der Waals surface area (Å²) in [6.07, 6.45) is 0. The predicted octanol–water partition coefficient (Wildman–Crippen LogP) is 26.6. The van der Waals surface area contributed by atoms with Crippen LogP contribution in [-0.2, 0) is 10.8 Å². The number of aryl methyl sites for hydroxylation is 2. The molecule has 18 rings (SSSR count). The van der Waals surface area contributed by atoms with Gasteiger partial charge in [0.1, 0.15) is 11.2 Å². The van der Waals surface area contributed by atoms with Crippen molar-refractivity contribution in [2.45, 2.75) is 80.1 Å². The lowest BCUT2D eigenvalue weighted by Crippen LogP contribution is -2.62. The van der Waals surface area contributed by atoms with Crippen molar-refractivity contribution < 1.29 is 8.83 Å². The van der Waals surface area contributed by atoms with Gasteiger partial charge in [-0.2, -0.15) is 0 Å². The fraction of sp³-hybridized carbons (Fsp3) is 0.149. The lowest BCUT2D eigenvalue weighted by molar-refractivity contribution is 0.0595. The second kappa shape index (κ2) is 21.7. The van der Waals surface area contributed by atoms with E-state index in [1.807, 2.05) is 0 Å². The van der Waals surface area contributed by atoms with E-state index in [1.165, 1.54) is 88.7 Å². The Morgan fingerprint density at radius 1 is 0.255 bits per heavy atom. The van der Waals surface area contributed by atoms with Crippen LogP contribution in [0.15, 0.2) is 288 Å². The third kappa shape index (κ3) is 8.06. The fourth-order valence-electron chi connectivity index (χ4n) is 18.6. The first-order valence-electron chi connectivity index (χ1n) is 34.7. The second-order valence-corrected chi connectivity index (χ2v) is 29.5. The molecule has 4 nitrogen and oxygen atoms in total. The van der Waals surface area contributed by atoms with Crippen molar-refractivity contribution >= 4 is 99.5 Å². The highest BCUT2D eigenvalue weighted by atomic mass is 16.3. The van der Waals surface area contributed by atoms with Crippen LogP contribution in [-0.4, -0.2) is 0 Å². The van der Waals surface area contributed by atoms with E-state index in [-0.39, 0.29) is 0 Å². The van der Waals surface area contributed by atoms with Crippen molar-refractivity contribution in [2.24, 2.45) is 10.8 Å². The average molecular weight is 1270 g/mol. The molecule has 4 heteroatoms. The molecule has 16 aromatic rings. The molecule has 2 heterocycles. The van der Waals surface area contributed by atoms with Crippen molar-refractivity contribution in [3.05, 3.63) is 324 Å². The number of benzene rings is 14. The Balaban J connectivity index is 1.01. The van der Waals surface area contributed by atoms with Crippen LogP contribution in [0, 0.1) is 38.5 Å². The van der Waals surface area contributed by atoms with Crippen LogP contribution in [0.5, 0.6) is 0 Å². The standard InChI is InChI=1S/C94H76N2O2/c1-57-31-27-43-61(59(57)3)63-33-17-23-49-79(63)95(81-51-29-45-71-67-37-19-25-53-85(67)97-89(71)81)83-55-77-87(69-39-13-11-35-65(69)83)73-41-15-21-47-75(73)93(77,91(5,6)7)94(92(8,9)10)76-48-22-16-42-74(76)88-70-40-14-12-36-66(70)84(56-78(88)94)96(80-50-24-18-34-64(80)62-44-28-32-58(2)60(62)4)82-52-30-46-72-68-38-20-26-54-86(68)98-90(72)82/h11-56H,1-10H3. The highest BCUT2D eigenvalue weighted by Crippen LogP contribution is 2.77. The van der Waals surface area contributed by atoms with Crippen molar-refractivity contribution in [3.63, 3.8) is 0 Å². The Labute approximate surface area is 573 Å². The Hall–Kier alpha value is -11.2. The van der Waals surface area contributed by atoms with Crippen molar-refractivity contribution in [1.29, 1.82) is 0 Å². The van der Waals surface area contributed by atoms with E-state index in [0.29, 0.717) is 0 Å². The summed E-state index contributed by atoms with van der Waals surface area (Å²) >= 11 is 0. The number of hydrogen-bond donors (Lipinski definition) is 0. The van der Waals surface area contributed by atoms with E-state index in [1.54, 1.807) is 0 Å². The first-order valence-corrected chi connectivity index (χ1v) is 34.7. The molecule has 0 bridgehead atoms. The van der Waals surface area contributed by atoms with Crippen LogP contribution in [0.1, 0.15) is 86.1 Å². The maximum Gasteiger partial charge on any atom is 0.159 e. The summed E-state index contributed by atoms with van der Waals surface area (Å²) in [5, 5.41) is 9.03. The average Bonchev–Trinajstić information content (AvgIpc) is 1.45. The number of rotatable bonds is 9. The molecular weight excluding hydrogens is 1190 g/mol. The molecule has 14 aromatic carbocycles. The number of hydrogen-bond acceptors (Lipinski definition) is 4. The van der Waals surface area contributed by atoms with E-state index in [4.69, 9.17) is 8.83 Å². The summed E-state index contributed by atoms with van der Waals surface area (Å²) < 4.78 is 14.5. The third-order valence-corrected chi connectivity index (χ3v) is 22.7. The van der Waals surface area contributed by atoms with Gasteiger partial charge in [0.15, 0.2) is 11.2 Å². The van der Waals surface area contributed by atoms with E-state index in [2.05, 4.69) is 358 Å². The fourth-order valence-corrected chi connectivity index (χ4v) is 18.6. The van der Waals surface area contributed by atoms with Gasteiger partial charge in [-0.25, -0.2) is 0 Å². The number of fused-ring (bicyclic) bond motifs is 16. The highest BCUT2D eigenvalue weighted by Gasteiger charge is 2.71. The van der Waals surface area contributed by atoms with Crippen LogP contribution in [0.2, 0.25) is 0 Å². The highest BCUT2D eigenvalue weighted by molar-refractivity contribution is 6.18. The van der Waals surface area contributed by atoms with Crippen LogP contribution in [0.25, 0.3) is 110 Å². The molecule has 2 unspecified atom stereocenters.